The average molecular weight is 272 g/mol. The minimum absolute atomic E-state index is 0.203. The lowest BCUT2D eigenvalue weighted by Crippen LogP contribution is -2.24. The molecule has 0 aliphatic heterocycles. The van der Waals surface area contributed by atoms with E-state index in [4.69, 9.17) is 0 Å². The molecule has 1 heterocycles. The van der Waals surface area contributed by atoms with Gasteiger partial charge in [0.15, 0.2) is 0 Å². The first-order chi connectivity index (χ1) is 9.43. The van der Waals surface area contributed by atoms with Crippen LogP contribution in [0.5, 0.6) is 0 Å². The van der Waals surface area contributed by atoms with E-state index in [0.717, 1.165) is 11.3 Å². The number of rotatable bonds is 2. The highest BCUT2D eigenvalue weighted by Gasteiger charge is 2.16. The standard InChI is InChI=1S/C15H16N2O3/c1-9-5-6-12(7-10(9)2)17-8-11(3)14(18)13(16-17)15(19)20-4/h5-8H,1-4H3. The smallest absolute Gasteiger partial charge is 0.362 e. The van der Waals surface area contributed by atoms with Crippen LogP contribution < -0.4 is 5.43 Å². The molecule has 1 aromatic heterocycles. The van der Waals surface area contributed by atoms with Gasteiger partial charge in [-0.3, -0.25) is 4.79 Å². The average Bonchev–Trinajstić information content (AvgIpc) is 2.44. The molecule has 0 atom stereocenters. The van der Waals surface area contributed by atoms with Crippen molar-refractivity contribution in [3.8, 4) is 5.69 Å². The summed E-state index contributed by atoms with van der Waals surface area (Å²) in [7, 11) is 1.23. The predicted octanol–water partition coefficient (Wildman–Crippen LogP) is 1.94. The van der Waals surface area contributed by atoms with Crippen LogP contribution in [0.3, 0.4) is 0 Å². The van der Waals surface area contributed by atoms with Gasteiger partial charge in [-0.25, -0.2) is 9.48 Å². The maximum Gasteiger partial charge on any atom is 0.362 e. The van der Waals surface area contributed by atoms with Gasteiger partial charge in [0.25, 0.3) is 0 Å². The fourth-order valence-electron chi connectivity index (χ4n) is 1.84. The summed E-state index contributed by atoms with van der Waals surface area (Å²) in [5.41, 5.74) is 2.91. The Labute approximate surface area is 116 Å². The summed E-state index contributed by atoms with van der Waals surface area (Å²) in [6, 6.07) is 5.81. The highest BCUT2D eigenvalue weighted by Crippen LogP contribution is 2.13. The van der Waals surface area contributed by atoms with Crippen LogP contribution in [0, 0.1) is 20.8 Å². The fourth-order valence-corrected chi connectivity index (χ4v) is 1.84. The van der Waals surface area contributed by atoms with E-state index in [2.05, 4.69) is 9.84 Å². The Bertz CT molecular complexity index is 732. The lowest BCUT2D eigenvalue weighted by molar-refractivity contribution is 0.0590. The van der Waals surface area contributed by atoms with Crippen molar-refractivity contribution in [3.63, 3.8) is 0 Å². The Morgan fingerprint density at radius 2 is 1.85 bits per heavy atom. The fraction of sp³-hybridized carbons (Fsp3) is 0.267. The van der Waals surface area contributed by atoms with Crippen LogP contribution in [-0.2, 0) is 4.74 Å². The van der Waals surface area contributed by atoms with Crippen molar-refractivity contribution in [1.82, 2.24) is 9.78 Å². The zero-order valence-electron chi connectivity index (χ0n) is 11.9. The third-order valence-corrected chi connectivity index (χ3v) is 3.23. The second-order valence-corrected chi connectivity index (χ2v) is 4.69. The van der Waals surface area contributed by atoms with Crippen molar-refractivity contribution in [3.05, 3.63) is 57.0 Å². The van der Waals surface area contributed by atoms with Crippen molar-refractivity contribution < 1.29 is 9.53 Å². The molecule has 0 aliphatic carbocycles. The molecule has 2 rings (SSSR count). The van der Waals surface area contributed by atoms with Gasteiger partial charge in [-0.15, -0.1) is 0 Å². The topological polar surface area (TPSA) is 61.2 Å². The minimum Gasteiger partial charge on any atom is -0.464 e. The van der Waals surface area contributed by atoms with Gasteiger partial charge in [0.2, 0.25) is 11.1 Å². The molecule has 0 bridgehead atoms. The van der Waals surface area contributed by atoms with E-state index in [1.54, 1.807) is 13.1 Å². The zero-order valence-corrected chi connectivity index (χ0v) is 11.9. The largest absolute Gasteiger partial charge is 0.464 e. The Morgan fingerprint density at radius 1 is 1.15 bits per heavy atom. The molecule has 0 aliphatic rings. The maximum absolute atomic E-state index is 11.9. The quantitative estimate of drug-likeness (QED) is 0.784. The summed E-state index contributed by atoms with van der Waals surface area (Å²) in [5, 5.41) is 4.07. The maximum atomic E-state index is 11.9. The molecule has 5 nitrogen and oxygen atoms in total. The second kappa shape index (κ2) is 5.28. The number of aryl methyl sites for hydroxylation is 3. The molecule has 20 heavy (non-hydrogen) atoms. The molecule has 0 unspecified atom stereocenters. The van der Waals surface area contributed by atoms with E-state index in [-0.39, 0.29) is 5.69 Å². The van der Waals surface area contributed by atoms with Crippen molar-refractivity contribution in [2.24, 2.45) is 0 Å². The molecule has 0 radical (unpaired) electrons. The molecule has 0 N–H and O–H groups in total. The Balaban J connectivity index is 2.63. The molecule has 0 fully saturated rings. The monoisotopic (exact) mass is 272 g/mol. The summed E-state index contributed by atoms with van der Waals surface area (Å²) in [6.07, 6.45) is 1.61. The molecule has 5 heteroatoms. The minimum atomic E-state index is -0.726. The first-order valence-electron chi connectivity index (χ1n) is 6.20. The molecule has 1 aromatic carbocycles. The van der Waals surface area contributed by atoms with Crippen molar-refractivity contribution >= 4 is 5.97 Å². The van der Waals surface area contributed by atoms with Crippen molar-refractivity contribution in [1.29, 1.82) is 0 Å². The predicted molar refractivity (Wildman–Crippen MR) is 75.4 cm³/mol. The van der Waals surface area contributed by atoms with Gasteiger partial charge < -0.3 is 4.74 Å². The van der Waals surface area contributed by atoms with Crippen LogP contribution in [-0.4, -0.2) is 22.9 Å². The van der Waals surface area contributed by atoms with Gasteiger partial charge in [0, 0.05) is 11.8 Å². The van der Waals surface area contributed by atoms with Crippen LogP contribution in [0.2, 0.25) is 0 Å². The number of carbonyl (C=O) groups is 1. The van der Waals surface area contributed by atoms with Crippen LogP contribution in [0.4, 0.5) is 0 Å². The molecule has 0 saturated carbocycles. The van der Waals surface area contributed by atoms with E-state index in [0.29, 0.717) is 5.56 Å². The number of ether oxygens (including phenoxy) is 1. The van der Waals surface area contributed by atoms with Gasteiger partial charge >= 0.3 is 5.97 Å². The van der Waals surface area contributed by atoms with Gasteiger partial charge in [-0.1, -0.05) is 6.07 Å². The number of carbonyl (C=O) groups excluding carboxylic acids is 1. The van der Waals surface area contributed by atoms with Crippen LogP contribution in [0.15, 0.2) is 29.2 Å². The van der Waals surface area contributed by atoms with E-state index < -0.39 is 11.4 Å². The van der Waals surface area contributed by atoms with Gasteiger partial charge in [-0.05, 0) is 44.0 Å². The summed E-state index contributed by atoms with van der Waals surface area (Å²) >= 11 is 0. The number of hydrogen-bond donors (Lipinski definition) is 0. The summed E-state index contributed by atoms with van der Waals surface area (Å²) in [5.74, 6) is -0.726. The third-order valence-electron chi connectivity index (χ3n) is 3.23. The Hall–Kier alpha value is -2.43. The van der Waals surface area contributed by atoms with Crippen LogP contribution in [0.1, 0.15) is 27.2 Å². The third kappa shape index (κ3) is 2.47. The van der Waals surface area contributed by atoms with E-state index >= 15 is 0 Å². The Kier molecular flexibility index (Phi) is 3.70. The summed E-state index contributed by atoms with van der Waals surface area (Å²) in [4.78, 5) is 23.5. The number of nitrogens with zero attached hydrogens (tertiary/aromatic N) is 2. The lowest BCUT2D eigenvalue weighted by atomic mass is 10.1. The normalized spacial score (nSPS) is 10.4. The Morgan fingerprint density at radius 3 is 2.45 bits per heavy atom. The first-order valence-corrected chi connectivity index (χ1v) is 6.20. The lowest BCUT2D eigenvalue weighted by Gasteiger charge is -2.10. The van der Waals surface area contributed by atoms with Gasteiger partial charge in [-0.2, -0.15) is 5.10 Å². The van der Waals surface area contributed by atoms with E-state index in [1.807, 2.05) is 32.0 Å². The number of aromatic nitrogens is 2. The molecule has 0 amide bonds. The van der Waals surface area contributed by atoms with Crippen molar-refractivity contribution in [2.45, 2.75) is 20.8 Å². The highest BCUT2D eigenvalue weighted by atomic mass is 16.5. The van der Waals surface area contributed by atoms with Gasteiger partial charge in [0.1, 0.15) is 0 Å². The molecule has 0 saturated heterocycles. The van der Waals surface area contributed by atoms with Crippen LogP contribution in [0.25, 0.3) is 5.69 Å². The van der Waals surface area contributed by atoms with Crippen molar-refractivity contribution in [2.75, 3.05) is 7.11 Å². The van der Waals surface area contributed by atoms with Crippen LogP contribution >= 0.6 is 0 Å². The zero-order chi connectivity index (χ0) is 14.9. The molecule has 0 spiro atoms. The molecular weight excluding hydrogens is 256 g/mol. The summed E-state index contributed by atoms with van der Waals surface area (Å²) < 4.78 is 6.11. The first kappa shape index (κ1) is 14.0. The number of methoxy groups -OCH3 is 1. The number of benzene rings is 1. The van der Waals surface area contributed by atoms with E-state index in [1.165, 1.54) is 17.4 Å². The number of hydrogen-bond acceptors (Lipinski definition) is 4. The molecular formula is C15H16N2O3. The van der Waals surface area contributed by atoms with E-state index in [9.17, 15) is 9.59 Å². The SMILES string of the molecule is COC(=O)c1nn(-c2ccc(C)c(C)c2)cc(C)c1=O. The molecule has 2 aromatic rings. The number of esters is 1. The molecule has 104 valence electrons. The van der Waals surface area contributed by atoms with Gasteiger partial charge in [0.05, 0.1) is 12.8 Å². The summed E-state index contributed by atoms with van der Waals surface area (Å²) in [6.45, 7) is 5.66. The highest BCUT2D eigenvalue weighted by molar-refractivity contribution is 5.87. The second-order valence-electron chi connectivity index (χ2n) is 4.69.